The highest BCUT2D eigenvalue weighted by Crippen LogP contribution is 2.34. The molecule has 2 aromatic carbocycles. The molecule has 4 bridgehead atoms. The van der Waals surface area contributed by atoms with E-state index in [-0.39, 0.29) is 36.9 Å². The second-order valence-electron chi connectivity index (χ2n) is 11.6. The maximum Gasteiger partial charge on any atom is 0.239 e. The third-order valence-corrected chi connectivity index (χ3v) is 8.70. The van der Waals surface area contributed by atoms with Crippen LogP contribution in [0.5, 0.6) is 17.2 Å². The normalized spacial score (nSPS) is 19.7. The zero-order valence-corrected chi connectivity index (χ0v) is 26.3. The Morgan fingerprint density at radius 1 is 1.07 bits per heavy atom. The smallest absolute Gasteiger partial charge is 0.239 e. The Hall–Kier alpha value is -4.64. The molecule has 0 aliphatic carbocycles. The van der Waals surface area contributed by atoms with Gasteiger partial charge in [-0.3, -0.25) is 9.59 Å². The second kappa shape index (κ2) is 13.2. The molecule has 11 heteroatoms. The van der Waals surface area contributed by atoms with Crippen molar-refractivity contribution in [3.8, 4) is 17.2 Å². The number of fused-ring (bicyclic) bond motifs is 6. The average molecular weight is 613 g/mol. The Labute approximate surface area is 263 Å². The van der Waals surface area contributed by atoms with Crippen LogP contribution in [0.4, 0.5) is 5.82 Å². The molecule has 0 spiro atoms. The van der Waals surface area contributed by atoms with E-state index in [1.54, 1.807) is 18.2 Å². The highest BCUT2D eigenvalue weighted by molar-refractivity contribution is 5.85. The zero-order chi connectivity index (χ0) is 31.5. The summed E-state index contributed by atoms with van der Waals surface area (Å²) >= 11 is 0. The summed E-state index contributed by atoms with van der Waals surface area (Å²) in [7, 11) is 1.61. The highest BCUT2D eigenvalue weighted by Gasteiger charge is 2.34. The van der Waals surface area contributed by atoms with Gasteiger partial charge in [0, 0.05) is 43.4 Å². The first-order valence-corrected chi connectivity index (χ1v) is 15.5. The van der Waals surface area contributed by atoms with Crippen molar-refractivity contribution in [2.45, 2.75) is 58.8 Å². The SMILES string of the molecule is CCN1CC(=O)N[C@H]2CCN(c3c(C)c(C)nc4ccnn34)C[C@@H]2OCc2cccc(c2)Oc2cc(ccc2OC)CCC1=O. The predicted molar refractivity (Wildman–Crippen MR) is 170 cm³/mol. The monoisotopic (exact) mass is 612 g/mol. The first-order valence-electron chi connectivity index (χ1n) is 15.5. The lowest BCUT2D eigenvalue weighted by Gasteiger charge is -2.40. The quantitative estimate of drug-likeness (QED) is 0.366. The molecule has 2 aliphatic heterocycles. The van der Waals surface area contributed by atoms with Gasteiger partial charge in [0.05, 0.1) is 38.6 Å². The number of carbonyl (C=O) groups is 2. The number of amides is 2. The van der Waals surface area contributed by atoms with Crippen molar-refractivity contribution in [2.24, 2.45) is 0 Å². The van der Waals surface area contributed by atoms with Crippen LogP contribution in [0.25, 0.3) is 5.65 Å². The fourth-order valence-electron chi connectivity index (χ4n) is 6.13. The summed E-state index contributed by atoms with van der Waals surface area (Å²) in [6.07, 6.45) is 2.89. The average Bonchev–Trinajstić information content (AvgIpc) is 3.50. The summed E-state index contributed by atoms with van der Waals surface area (Å²) < 4.78 is 20.3. The molecule has 2 atom stereocenters. The number of rotatable bonds is 3. The minimum Gasteiger partial charge on any atom is -0.493 e. The van der Waals surface area contributed by atoms with E-state index in [4.69, 9.17) is 14.2 Å². The summed E-state index contributed by atoms with van der Waals surface area (Å²) in [5.74, 6) is 2.54. The molecule has 1 N–H and O–H groups in total. The van der Waals surface area contributed by atoms with Crippen molar-refractivity contribution in [3.05, 3.63) is 77.1 Å². The molecule has 1 fully saturated rings. The Bertz CT molecular complexity index is 1700. The molecule has 0 saturated carbocycles. The second-order valence-corrected chi connectivity index (χ2v) is 11.6. The molecule has 4 heterocycles. The number of hydrogen-bond donors (Lipinski definition) is 1. The molecule has 236 valence electrons. The summed E-state index contributed by atoms with van der Waals surface area (Å²) in [6.45, 7) is 7.96. The minimum absolute atomic E-state index is 0.00213. The number of piperidine rings is 1. The predicted octanol–water partition coefficient (Wildman–Crippen LogP) is 4.22. The van der Waals surface area contributed by atoms with Crippen LogP contribution in [0.2, 0.25) is 0 Å². The summed E-state index contributed by atoms with van der Waals surface area (Å²) in [4.78, 5) is 35.1. The van der Waals surface area contributed by atoms with E-state index in [9.17, 15) is 9.59 Å². The lowest BCUT2D eigenvalue weighted by atomic mass is 10.0. The molecule has 2 aromatic heterocycles. The Balaban J connectivity index is 1.31. The molecule has 0 unspecified atom stereocenters. The fourth-order valence-corrected chi connectivity index (χ4v) is 6.13. The Morgan fingerprint density at radius 2 is 1.93 bits per heavy atom. The summed E-state index contributed by atoms with van der Waals surface area (Å²) in [5.41, 5.74) is 4.68. The maximum atomic E-state index is 13.4. The molecule has 0 radical (unpaired) electrons. The van der Waals surface area contributed by atoms with Gasteiger partial charge in [-0.25, -0.2) is 4.98 Å². The Kier molecular flexibility index (Phi) is 8.88. The van der Waals surface area contributed by atoms with Crippen LogP contribution in [0.15, 0.2) is 54.7 Å². The third-order valence-electron chi connectivity index (χ3n) is 8.70. The highest BCUT2D eigenvalue weighted by atomic mass is 16.5. The van der Waals surface area contributed by atoms with Crippen molar-refractivity contribution in [3.63, 3.8) is 0 Å². The van der Waals surface area contributed by atoms with Gasteiger partial charge in [-0.05, 0) is 69.0 Å². The van der Waals surface area contributed by atoms with Crippen LogP contribution < -0.4 is 19.7 Å². The topological polar surface area (TPSA) is 111 Å². The van der Waals surface area contributed by atoms with Gasteiger partial charge in [-0.2, -0.15) is 9.61 Å². The van der Waals surface area contributed by atoms with Crippen molar-refractivity contribution in [2.75, 3.05) is 38.2 Å². The lowest BCUT2D eigenvalue weighted by molar-refractivity contribution is -0.136. The number of anilines is 1. The number of nitrogens with one attached hydrogen (secondary N) is 1. The molecule has 2 aliphatic rings. The first kappa shape index (κ1) is 30.4. The van der Waals surface area contributed by atoms with E-state index < -0.39 is 0 Å². The van der Waals surface area contributed by atoms with Crippen LogP contribution >= 0.6 is 0 Å². The molecule has 2 amide bonds. The van der Waals surface area contributed by atoms with E-state index in [2.05, 4.69) is 27.2 Å². The van der Waals surface area contributed by atoms with Crippen molar-refractivity contribution in [1.82, 2.24) is 24.8 Å². The van der Waals surface area contributed by atoms with Crippen LogP contribution in [0.1, 0.15) is 42.1 Å². The van der Waals surface area contributed by atoms with Crippen molar-refractivity contribution in [1.29, 1.82) is 0 Å². The lowest BCUT2D eigenvalue weighted by Crippen LogP contribution is -2.57. The van der Waals surface area contributed by atoms with E-state index in [0.717, 1.165) is 33.8 Å². The van der Waals surface area contributed by atoms with Gasteiger partial charge >= 0.3 is 0 Å². The fraction of sp³-hybridized carbons (Fsp3) is 0.412. The minimum atomic E-state index is -0.327. The number of methoxy groups -OCH3 is 1. The van der Waals surface area contributed by atoms with Gasteiger partial charge < -0.3 is 29.3 Å². The number of aromatic nitrogens is 3. The van der Waals surface area contributed by atoms with Crippen LogP contribution in [0, 0.1) is 13.8 Å². The summed E-state index contributed by atoms with van der Waals surface area (Å²) in [5, 5.41) is 7.76. The van der Waals surface area contributed by atoms with Gasteiger partial charge in [0.25, 0.3) is 0 Å². The number of aryl methyl sites for hydroxylation is 2. The molecule has 6 rings (SSSR count). The number of nitrogens with zero attached hydrogens (tertiary/aromatic N) is 5. The van der Waals surface area contributed by atoms with E-state index in [1.807, 2.05) is 66.9 Å². The number of likely N-dealkylation sites (N-methyl/N-ethyl adjacent to an activating group) is 1. The van der Waals surface area contributed by atoms with E-state index in [1.165, 1.54) is 0 Å². The number of hydrogen-bond acceptors (Lipinski definition) is 8. The van der Waals surface area contributed by atoms with Gasteiger partial charge in [-0.1, -0.05) is 18.2 Å². The van der Waals surface area contributed by atoms with Gasteiger partial charge in [0.1, 0.15) is 11.6 Å². The van der Waals surface area contributed by atoms with Gasteiger partial charge in [0.15, 0.2) is 17.1 Å². The van der Waals surface area contributed by atoms with Gasteiger partial charge in [-0.15, -0.1) is 0 Å². The van der Waals surface area contributed by atoms with Crippen LogP contribution in [-0.4, -0.2) is 76.7 Å². The van der Waals surface area contributed by atoms with Crippen molar-refractivity contribution >= 4 is 23.3 Å². The number of ether oxygens (including phenoxy) is 3. The largest absolute Gasteiger partial charge is 0.493 e. The van der Waals surface area contributed by atoms with E-state index >= 15 is 0 Å². The van der Waals surface area contributed by atoms with Crippen LogP contribution in [0.3, 0.4) is 0 Å². The number of benzene rings is 2. The van der Waals surface area contributed by atoms with E-state index in [0.29, 0.717) is 56.3 Å². The maximum absolute atomic E-state index is 13.4. The third kappa shape index (κ3) is 6.58. The molecular weight excluding hydrogens is 572 g/mol. The van der Waals surface area contributed by atoms with Crippen molar-refractivity contribution < 1.29 is 23.8 Å². The molecule has 45 heavy (non-hydrogen) atoms. The summed E-state index contributed by atoms with van der Waals surface area (Å²) in [6, 6.07) is 15.1. The molecule has 4 aromatic rings. The standard InChI is InChI=1S/C34H40N6O5/c1-5-38-20-32(41)37-27-14-16-39(34-22(2)23(3)36-31-13-15-35-40(31)34)19-30(27)44-21-25-7-6-8-26(17-25)45-29-18-24(10-12-33(38)42)9-11-28(29)43-4/h6-9,11,13,15,17-18,27,30H,5,10,12,14,16,19-21H2,1-4H3,(H,37,41)/t27-,30-/m0/s1. The van der Waals surface area contributed by atoms with Crippen LogP contribution in [-0.2, 0) is 27.4 Å². The number of carbonyl (C=O) groups excluding carboxylic acids is 2. The zero-order valence-electron chi connectivity index (χ0n) is 26.3. The first-order chi connectivity index (χ1) is 21.8. The Morgan fingerprint density at radius 3 is 2.76 bits per heavy atom. The van der Waals surface area contributed by atoms with Gasteiger partial charge in [0.2, 0.25) is 11.8 Å². The molecule has 11 nitrogen and oxygen atoms in total. The molecule has 1 saturated heterocycles. The molecular formula is C34H40N6O5.